The molecule has 0 saturated carbocycles. The topological polar surface area (TPSA) is 52.7 Å². The van der Waals surface area contributed by atoms with Gasteiger partial charge in [-0.15, -0.1) is 5.12 Å². The van der Waals surface area contributed by atoms with Crippen molar-refractivity contribution in [2.45, 2.75) is 6.92 Å². The van der Waals surface area contributed by atoms with Crippen molar-refractivity contribution < 1.29 is 8.42 Å². The molecule has 2 rings (SSSR count). The molecule has 0 aromatic heterocycles. The number of nitrogens with zero attached hydrogens (tertiary/aromatic N) is 2. The van der Waals surface area contributed by atoms with E-state index in [4.69, 9.17) is 0 Å². The first-order valence-electron chi connectivity index (χ1n) is 4.51. The lowest BCUT2D eigenvalue weighted by molar-refractivity contribution is 0.439. The summed E-state index contributed by atoms with van der Waals surface area (Å²) in [7, 11) is -1.62. The first-order valence-corrected chi connectivity index (χ1v) is 6.35. The number of anilines is 2. The lowest BCUT2D eigenvalue weighted by Crippen LogP contribution is -2.42. The van der Waals surface area contributed by atoms with Crippen LogP contribution in [0.5, 0.6) is 0 Å². The second-order valence-electron chi connectivity index (χ2n) is 3.66. The highest BCUT2D eigenvalue weighted by atomic mass is 32.2. The second kappa shape index (κ2) is 3.11. The van der Waals surface area contributed by atoms with Crippen molar-refractivity contribution in [3.05, 3.63) is 23.8 Å². The van der Waals surface area contributed by atoms with Crippen LogP contribution >= 0.6 is 0 Å². The average Bonchev–Trinajstić information content (AvgIpc) is 2.38. The molecule has 1 N–H and O–H groups in total. The van der Waals surface area contributed by atoms with Gasteiger partial charge in [0.25, 0.3) is 0 Å². The van der Waals surface area contributed by atoms with Crippen LogP contribution in [0.3, 0.4) is 0 Å². The molecule has 0 radical (unpaired) electrons. The largest absolute Gasteiger partial charge is 0.298 e. The molecule has 1 aliphatic heterocycles. The van der Waals surface area contributed by atoms with Gasteiger partial charge in [0.1, 0.15) is 0 Å². The van der Waals surface area contributed by atoms with Crippen molar-refractivity contribution in [3.8, 4) is 0 Å². The van der Waals surface area contributed by atoms with Gasteiger partial charge in [0.15, 0.2) is 0 Å². The van der Waals surface area contributed by atoms with Gasteiger partial charge in [-0.2, -0.15) is 4.41 Å². The predicted molar refractivity (Wildman–Crippen MR) is 59.9 cm³/mol. The van der Waals surface area contributed by atoms with Gasteiger partial charge in [-0.05, 0) is 24.6 Å². The molecule has 0 fully saturated rings. The van der Waals surface area contributed by atoms with E-state index in [0.717, 1.165) is 11.3 Å². The third kappa shape index (κ3) is 1.66. The van der Waals surface area contributed by atoms with Crippen LogP contribution in [-0.2, 0) is 10.0 Å². The maximum absolute atomic E-state index is 11.6. The number of hydrazine groups is 2. The molecule has 1 heterocycles. The third-order valence-corrected chi connectivity index (χ3v) is 3.30. The standard InChI is InChI=1S/C9H13N3O2S/c1-7-4-5-8-9(6-7)12(11(2)10-8)15(3,13)14/h4-6,10H,1-3H3. The molecule has 5 nitrogen and oxygen atoms in total. The maximum atomic E-state index is 11.6. The molecule has 0 saturated heterocycles. The van der Waals surface area contributed by atoms with E-state index in [9.17, 15) is 8.42 Å². The quantitative estimate of drug-likeness (QED) is 0.776. The molecule has 82 valence electrons. The molecular formula is C9H13N3O2S. The minimum absolute atomic E-state index is 0.667. The van der Waals surface area contributed by atoms with Gasteiger partial charge in [0.2, 0.25) is 10.0 Å². The number of fused-ring (bicyclic) bond motifs is 1. The lowest BCUT2D eigenvalue weighted by atomic mass is 10.2. The van der Waals surface area contributed by atoms with Crippen LogP contribution in [0.4, 0.5) is 11.4 Å². The predicted octanol–water partition coefficient (Wildman–Crippen LogP) is 0.948. The van der Waals surface area contributed by atoms with Gasteiger partial charge in [-0.3, -0.25) is 5.43 Å². The fourth-order valence-corrected chi connectivity index (χ4v) is 2.67. The molecule has 0 unspecified atom stereocenters. The summed E-state index contributed by atoms with van der Waals surface area (Å²) < 4.78 is 24.4. The molecule has 0 aliphatic carbocycles. The summed E-state index contributed by atoms with van der Waals surface area (Å²) in [6.45, 7) is 1.93. The smallest absolute Gasteiger partial charge is 0.247 e. The molecule has 1 aliphatic rings. The molecule has 6 heteroatoms. The van der Waals surface area contributed by atoms with Gasteiger partial charge in [0.05, 0.1) is 17.6 Å². The number of benzene rings is 1. The van der Waals surface area contributed by atoms with Crippen LogP contribution in [0.1, 0.15) is 5.56 Å². The van der Waals surface area contributed by atoms with E-state index in [2.05, 4.69) is 5.43 Å². The van der Waals surface area contributed by atoms with Crippen LogP contribution in [0, 0.1) is 6.92 Å². The van der Waals surface area contributed by atoms with Crippen molar-refractivity contribution in [1.29, 1.82) is 0 Å². The summed E-state index contributed by atoms with van der Waals surface area (Å²) in [5.41, 5.74) is 5.45. The van der Waals surface area contributed by atoms with Gasteiger partial charge < -0.3 is 0 Å². The van der Waals surface area contributed by atoms with E-state index >= 15 is 0 Å². The Morgan fingerprint density at radius 3 is 2.60 bits per heavy atom. The van der Waals surface area contributed by atoms with Crippen LogP contribution in [-0.4, -0.2) is 26.8 Å². The monoisotopic (exact) mass is 227 g/mol. The number of hydrogen-bond donors (Lipinski definition) is 1. The summed E-state index contributed by atoms with van der Waals surface area (Å²) >= 11 is 0. The van der Waals surface area contributed by atoms with E-state index in [1.165, 1.54) is 15.8 Å². The van der Waals surface area contributed by atoms with Gasteiger partial charge in [-0.1, -0.05) is 6.07 Å². The van der Waals surface area contributed by atoms with E-state index in [1.807, 2.05) is 25.1 Å². The Morgan fingerprint density at radius 1 is 1.33 bits per heavy atom. The molecule has 0 bridgehead atoms. The first kappa shape index (κ1) is 10.3. The normalized spacial score (nSPS) is 16.3. The van der Waals surface area contributed by atoms with Crippen LogP contribution in [0.25, 0.3) is 0 Å². The van der Waals surface area contributed by atoms with Crippen molar-refractivity contribution in [2.75, 3.05) is 23.1 Å². The van der Waals surface area contributed by atoms with E-state index in [1.54, 1.807) is 7.05 Å². The van der Waals surface area contributed by atoms with Crippen molar-refractivity contribution in [1.82, 2.24) is 5.12 Å². The Balaban J connectivity index is 2.58. The van der Waals surface area contributed by atoms with Gasteiger partial charge in [0, 0.05) is 7.05 Å². The van der Waals surface area contributed by atoms with Crippen LogP contribution in [0.2, 0.25) is 0 Å². The zero-order valence-electron chi connectivity index (χ0n) is 8.85. The van der Waals surface area contributed by atoms with Crippen molar-refractivity contribution >= 4 is 21.4 Å². The van der Waals surface area contributed by atoms with Crippen molar-refractivity contribution in [2.24, 2.45) is 0 Å². The Labute approximate surface area is 89.3 Å². The molecular weight excluding hydrogens is 214 g/mol. The summed E-state index contributed by atoms with van der Waals surface area (Å²) in [5, 5.41) is 1.46. The Hall–Kier alpha value is -1.27. The molecule has 15 heavy (non-hydrogen) atoms. The third-order valence-electron chi connectivity index (χ3n) is 2.23. The van der Waals surface area contributed by atoms with E-state index < -0.39 is 10.0 Å². The Bertz CT molecular complexity index is 498. The number of rotatable bonds is 1. The first-order chi connectivity index (χ1) is 6.89. The van der Waals surface area contributed by atoms with E-state index in [0.29, 0.717) is 5.69 Å². The van der Waals surface area contributed by atoms with Crippen LogP contribution < -0.4 is 9.84 Å². The van der Waals surface area contributed by atoms with Crippen molar-refractivity contribution in [3.63, 3.8) is 0 Å². The molecule has 1 aromatic rings. The van der Waals surface area contributed by atoms with Crippen LogP contribution in [0.15, 0.2) is 18.2 Å². The number of nitrogens with one attached hydrogen (secondary N) is 1. The zero-order valence-corrected chi connectivity index (χ0v) is 9.67. The maximum Gasteiger partial charge on any atom is 0.247 e. The highest BCUT2D eigenvalue weighted by Gasteiger charge is 2.30. The highest BCUT2D eigenvalue weighted by molar-refractivity contribution is 7.92. The summed E-state index contributed by atoms with van der Waals surface area (Å²) in [4.78, 5) is 0. The average molecular weight is 227 g/mol. The summed E-state index contributed by atoms with van der Waals surface area (Å²) in [6.07, 6.45) is 1.18. The molecule has 0 amide bonds. The summed E-state index contributed by atoms with van der Waals surface area (Å²) in [5.74, 6) is 0. The minimum atomic E-state index is -3.29. The fraction of sp³-hybridized carbons (Fsp3) is 0.333. The SMILES string of the molecule is Cc1ccc2c(c1)N(S(C)(=O)=O)N(C)N2. The number of hydrogen-bond acceptors (Lipinski definition) is 4. The minimum Gasteiger partial charge on any atom is -0.298 e. The Morgan fingerprint density at radius 2 is 2.00 bits per heavy atom. The molecule has 1 aromatic carbocycles. The number of sulfonamides is 1. The summed E-state index contributed by atoms with van der Waals surface area (Å²) in [6, 6.07) is 5.64. The number of aryl methyl sites for hydroxylation is 1. The second-order valence-corrected chi connectivity index (χ2v) is 5.47. The molecule has 0 atom stereocenters. The molecule has 0 spiro atoms. The van der Waals surface area contributed by atoms with Gasteiger partial charge >= 0.3 is 0 Å². The van der Waals surface area contributed by atoms with Gasteiger partial charge in [-0.25, -0.2) is 8.42 Å². The Kier molecular flexibility index (Phi) is 2.13. The fourth-order valence-electron chi connectivity index (χ4n) is 1.68. The lowest BCUT2D eigenvalue weighted by Gasteiger charge is -2.22. The highest BCUT2D eigenvalue weighted by Crippen LogP contribution is 2.35. The zero-order chi connectivity index (χ0) is 11.2. The van der Waals surface area contributed by atoms with E-state index in [-0.39, 0.29) is 0 Å².